The van der Waals surface area contributed by atoms with Gasteiger partial charge in [-0.1, -0.05) is 35.6 Å². The second-order valence-corrected chi connectivity index (χ2v) is 10.9. The first-order valence-electron chi connectivity index (χ1n) is 9.76. The molecule has 0 aliphatic heterocycles. The standard InChI is InChI=1S/C23H21N3O3S2/c1-16(2)31(28,29)19-9-5-8-18(13-19)22(27)26(15-17-7-6-12-24-14-17)23-25-20-10-3-4-11-21(20)30-23/h3-14,16H,15H2,1-2H3. The molecule has 0 unspecified atom stereocenters. The Morgan fingerprint density at radius 3 is 2.58 bits per heavy atom. The highest BCUT2D eigenvalue weighted by Crippen LogP contribution is 2.31. The van der Waals surface area contributed by atoms with Crippen LogP contribution in [0.25, 0.3) is 10.2 Å². The van der Waals surface area contributed by atoms with Crippen LogP contribution in [0.4, 0.5) is 5.13 Å². The van der Waals surface area contributed by atoms with E-state index >= 15 is 0 Å². The second kappa shape index (κ2) is 8.56. The summed E-state index contributed by atoms with van der Waals surface area (Å²) in [6.45, 7) is 3.52. The van der Waals surface area contributed by atoms with Gasteiger partial charge in [0.2, 0.25) is 0 Å². The Labute approximate surface area is 185 Å². The average Bonchev–Trinajstić information content (AvgIpc) is 3.21. The number of rotatable bonds is 6. The van der Waals surface area contributed by atoms with Gasteiger partial charge in [-0.2, -0.15) is 0 Å². The predicted octanol–water partition coefficient (Wildman–Crippen LogP) is 4.72. The summed E-state index contributed by atoms with van der Waals surface area (Å²) in [7, 11) is -3.50. The molecule has 158 valence electrons. The van der Waals surface area contributed by atoms with Gasteiger partial charge in [0.15, 0.2) is 15.0 Å². The van der Waals surface area contributed by atoms with E-state index in [-0.39, 0.29) is 17.3 Å². The molecule has 4 aromatic rings. The average molecular weight is 452 g/mol. The summed E-state index contributed by atoms with van der Waals surface area (Å²) in [6, 6.07) is 17.6. The first kappa shape index (κ1) is 21.1. The van der Waals surface area contributed by atoms with Crippen molar-refractivity contribution < 1.29 is 13.2 Å². The Hall–Kier alpha value is -3.10. The van der Waals surface area contributed by atoms with E-state index in [0.29, 0.717) is 10.7 Å². The number of hydrogen-bond donors (Lipinski definition) is 0. The number of nitrogens with zero attached hydrogens (tertiary/aromatic N) is 3. The van der Waals surface area contributed by atoms with E-state index in [1.807, 2.05) is 36.4 Å². The van der Waals surface area contributed by atoms with Crippen molar-refractivity contribution >= 4 is 42.4 Å². The molecule has 2 heterocycles. The van der Waals surface area contributed by atoms with E-state index in [2.05, 4.69) is 9.97 Å². The maximum absolute atomic E-state index is 13.6. The molecule has 0 N–H and O–H groups in total. The van der Waals surface area contributed by atoms with Crippen LogP contribution in [0.2, 0.25) is 0 Å². The number of para-hydroxylation sites is 1. The molecule has 0 aliphatic rings. The fourth-order valence-electron chi connectivity index (χ4n) is 3.11. The van der Waals surface area contributed by atoms with Crippen LogP contribution in [-0.4, -0.2) is 29.5 Å². The molecule has 0 saturated carbocycles. The Balaban J connectivity index is 1.77. The van der Waals surface area contributed by atoms with E-state index in [1.54, 1.807) is 43.3 Å². The summed E-state index contributed by atoms with van der Waals surface area (Å²) in [5.41, 5.74) is 1.95. The number of aromatic nitrogens is 2. The highest BCUT2D eigenvalue weighted by Gasteiger charge is 2.25. The summed E-state index contributed by atoms with van der Waals surface area (Å²) < 4.78 is 26.2. The number of sulfone groups is 1. The van der Waals surface area contributed by atoms with E-state index in [1.165, 1.54) is 23.5 Å². The minimum atomic E-state index is -3.50. The lowest BCUT2D eigenvalue weighted by molar-refractivity contribution is 0.0985. The topological polar surface area (TPSA) is 80.2 Å². The van der Waals surface area contributed by atoms with Crippen LogP contribution >= 0.6 is 11.3 Å². The fourth-order valence-corrected chi connectivity index (χ4v) is 5.18. The van der Waals surface area contributed by atoms with Crippen LogP contribution in [-0.2, 0) is 16.4 Å². The Kier molecular flexibility index (Phi) is 5.84. The summed E-state index contributed by atoms with van der Waals surface area (Å²) in [6.07, 6.45) is 3.38. The number of anilines is 1. The first-order valence-corrected chi connectivity index (χ1v) is 12.1. The van der Waals surface area contributed by atoms with E-state index in [9.17, 15) is 13.2 Å². The van der Waals surface area contributed by atoms with Crippen LogP contribution < -0.4 is 4.90 Å². The zero-order chi connectivity index (χ0) is 22.0. The zero-order valence-corrected chi connectivity index (χ0v) is 18.7. The van der Waals surface area contributed by atoms with Crippen LogP contribution in [0.15, 0.2) is 78.0 Å². The van der Waals surface area contributed by atoms with Crippen molar-refractivity contribution in [1.29, 1.82) is 0 Å². The van der Waals surface area contributed by atoms with Crippen molar-refractivity contribution in [1.82, 2.24) is 9.97 Å². The van der Waals surface area contributed by atoms with Gasteiger partial charge in [-0.25, -0.2) is 13.4 Å². The molecule has 2 aromatic carbocycles. The van der Waals surface area contributed by atoms with Gasteiger partial charge in [0, 0.05) is 18.0 Å². The first-order chi connectivity index (χ1) is 14.9. The van der Waals surface area contributed by atoms with Gasteiger partial charge >= 0.3 is 0 Å². The van der Waals surface area contributed by atoms with Gasteiger partial charge in [0.1, 0.15) is 0 Å². The maximum atomic E-state index is 13.6. The molecular weight excluding hydrogens is 430 g/mol. The Morgan fingerprint density at radius 2 is 1.87 bits per heavy atom. The monoisotopic (exact) mass is 451 g/mol. The van der Waals surface area contributed by atoms with Gasteiger partial charge in [-0.15, -0.1) is 0 Å². The lowest BCUT2D eigenvalue weighted by atomic mass is 10.2. The Bertz CT molecular complexity index is 1300. The number of benzene rings is 2. The third kappa shape index (κ3) is 4.35. The molecule has 0 spiro atoms. The molecule has 4 rings (SSSR count). The van der Waals surface area contributed by atoms with Crippen LogP contribution in [0, 0.1) is 0 Å². The maximum Gasteiger partial charge on any atom is 0.260 e. The highest BCUT2D eigenvalue weighted by molar-refractivity contribution is 7.92. The van der Waals surface area contributed by atoms with Crippen molar-refractivity contribution in [2.24, 2.45) is 0 Å². The molecule has 2 aromatic heterocycles. The lowest BCUT2D eigenvalue weighted by Crippen LogP contribution is -2.30. The summed E-state index contributed by atoms with van der Waals surface area (Å²) in [5, 5.41) is -0.0271. The van der Waals surface area contributed by atoms with Gasteiger partial charge < -0.3 is 0 Å². The predicted molar refractivity (Wildman–Crippen MR) is 123 cm³/mol. The SMILES string of the molecule is CC(C)S(=O)(=O)c1cccc(C(=O)N(Cc2cccnc2)c2nc3ccccc3s2)c1. The molecule has 0 fully saturated rings. The van der Waals surface area contributed by atoms with Crippen LogP contribution in [0.3, 0.4) is 0 Å². The van der Waals surface area contributed by atoms with E-state index in [0.717, 1.165) is 15.8 Å². The fraction of sp³-hybridized carbons (Fsp3) is 0.174. The number of carbonyl (C=O) groups excluding carboxylic acids is 1. The molecule has 0 saturated heterocycles. The third-order valence-corrected chi connectivity index (χ3v) is 8.06. The largest absolute Gasteiger partial charge is 0.279 e. The quantitative estimate of drug-likeness (QED) is 0.424. The number of thiazole rings is 1. The van der Waals surface area contributed by atoms with Gasteiger partial charge in [-0.3, -0.25) is 14.7 Å². The molecule has 0 aliphatic carbocycles. The van der Waals surface area contributed by atoms with Crippen molar-refractivity contribution in [2.45, 2.75) is 30.5 Å². The lowest BCUT2D eigenvalue weighted by Gasteiger charge is -2.20. The second-order valence-electron chi connectivity index (χ2n) is 7.34. The number of pyridine rings is 1. The molecule has 31 heavy (non-hydrogen) atoms. The smallest absolute Gasteiger partial charge is 0.260 e. The molecule has 1 amide bonds. The zero-order valence-electron chi connectivity index (χ0n) is 17.1. The van der Waals surface area contributed by atoms with E-state index in [4.69, 9.17) is 0 Å². The van der Waals surface area contributed by atoms with Crippen molar-refractivity contribution in [3.05, 3.63) is 84.2 Å². The minimum absolute atomic E-state index is 0.138. The van der Waals surface area contributed by atoms with E-state index < -0.39 is 15.1 Å². The van der Waals surface area contributed by atoms with Crippen molar-refractivity contribution in [3.63, 3.8) is 0 Å². The summed E-state index contributed by atoms with van der Waals surface area (Å²) in [5.74, 6) is -0.316. The third-order valence-electron chi connectivity index (χ3n) is 4.85. The van der Waals surface area contributed by atoms with Gasteiger partial charge in [-0.05, 0) is 55.8 Å². The van der Waals surface area contributed by atoms with Crippen molar-refractivity contribution in [2.75, 3.05) is 4.90 Å². The Morgan fingerprint density at radius 1 is 1.06 bits per heavy atom. The molecule has 0 atom stereocenters. The van der Waals surface area contributed by atoms with Gasteiger partial charge in [0.05, 0.1) is 26.9 Å². The number of amides is 1. The normalized spacial score (nSPS) is 11.7. The number of carbonyl (C=O) groups is 1. The van der Waals surface area contributed by atoms with Crippen LogP contribution in [0.5, 0.6) is 0 Å². The van der Waals surface area contributed by atoms with Crippen LogP contribution in [0.1, 0.15) is 29.8 Å². The molecule has 0 bridgehead atoms. The van der Waals surface area contributed by atoms with Crippen molar-refractivity contribution in [3.8, 4) is 0 Å². The summed E-state index contributed by atoms with van der Waals surface area (Å²) >= 11 is 1.42. The number of fused-ring (bicyclic) bond motifs is 1. The molecule has 8 heteroatoms. The minimum Gasteiger partial charge on any atom is -0.279 e. The molecular formula is C23H21N3O3S2. The molecule has 6 nitrogen and oxygen atoms in total. The van der Waals surface area contributed by atoms with Gasteiger partial charge in [0.25, 0.3) is 5.91 Å². The summed E-state index contributed by atoms with van der Waals surface area (Å²) in [4.78, 5) is 24.0. The highest BCUT2D eigenvalue weighted by atomic mass is 32.2. The number of hydrogen-bond acceptors (Lipinski definition) is 6. The molecule has 0 radical (unpaired) electrons.